The average Bonchev–Trinajstić information content (AvgIpc) is 3.42. The first-order chi connectivity index (χ1) is 33.7. The summed E-state index contributed by atoms with van der Waals surface area (Å²) in [5.74, 6) is 1.84. The predicted octanol–water partition coefficient (Wildman–Crippen LogP) is 17.4. The van der Waals surface area contributed by atoms with Gasteiger partial charge in [-0.05, 0) is 104 Å². The van der Waals surface area contributed by atoms with Gasteiger partial charge < -0.3 is 0 Å². The van der Waals surface area contributed by atoms with Crippen molar-refractivity contribution in [2.24, 2.45) is 0 Å². The lowest BCUT2D eigenvalue weighted by atomic mass is 9.94. The second kappa shape index (κ2) is 16.4. The third-order valence-electron chi connectivity index (χ3n) is 13.6. The Morgan fingerprint density at radius 2 is 0.441 bits per heavy atom. The minimum atomic E-state index is 0.609. The highest BCUT2D eigenvalue weighted by Gasteiger charge is 2.16. The molecule has 0 N–H and O–H groups in total. The molecule has 68 heavy (non-hydrogen) atoms. The van der Waals surface area contributed by atoms with Crippen LogP contribution in [0.25, 0.3) is 132 Å². The fourth-order valence-corrected chi connectivity index (χ4v) is 10.3. The van der Waals surface area contributed by atoms with Gasteiger partial charge in [0.15, 0.2) is 17.5 Å². The zero-order valence-corrected chi connectivity index (χ0v) is 37.0. The fraction of sp³-hybridized carbons (Fsp3) is 0. The molecule has 0 fully saturated rings. The average molecular weight is 864 g/mol. The Labute approximate surface area is 393 Å². The van der Waals surface area contributed by atoms with Crippen LogP contribution in [-0.4, -0.2) is 15.0 Å². The van der Waals surface area contributed by atoms with Gasteiger partial charge in [0, 0.05) is 16.7 Å². The smallest absolute Gasteiger partial charge is 0.164 e. The Bertz CT molecular complexity index is 3970. The van der Waals surface area contributed by atoms with E-state index in [2.05, 4.69) is 249 Å². The normalized spacial score (nSPS) is 11.5. The standard InChI is InChI=1S/C65H41N3/c1-3-19-49-42(15-1)17-13-29-51(49)44-31-35-46(36-32-44)63-66-64(47-37-33-45(34-38-47)52-30-14-18-43-16-2-4-20-50(43)52)68-65(67-63)48-39-40-61-59-27-10-9-25-57(59)55-23-6-5-21-53(55)54-22-7-8-24-56(54)58-26-11-12-28-60(58)62(61)41-48/h1-41H. The third-order valence-corrected chi connectivity index (χ3v) is 13.6. The number of aromatic nitrogens is 3. The summed E-state index contributed by atoms with van der Waals surface area (Å²) in [5, 5.41) is 16.6. The molecule has 0 bridgehead atoms. The van der Waals surface area contributed by atoms with E-state index in [-0.39, 0.29) is 0 Å². The Hall–Kier alpha value is -9.05. The highest BCUT2D eigenvalue weighted by atomic mass is 15.0. The molecule has 0 saturated carbocycles. The van der Waals surface area contributed by atoms with E-state index in [1.54, 1.807) is 0 Å². The van der Waals surface area contributed by atoms with Gasteiger partial charge in [-0.15, -0.1) is 0 Å². The summed E-state index contributed by atoms with van der Waals surface area (Å²) < 4.78 is 0. The lowest BCUT2D eigenvalue weighted by molar-refractivity contribution is 1.07. The van der Waals surface area contributed by atoms with Crippen molar-refractivity contribution in [2.45, 2.75) is 0 Å². The Morgan fingerprint density at radius 3 is 0.824 bits per heavy atom. The van der Waals surface area contributed by atoms with Gasteiger partial charge in [-0.3, -0.25) is 0 Å². The maximum atomic E-state index is 5.32. The molecule has 1 heterocycles. The van der Waals surface area contributed by atoms with E-state index in [1.807, 2.05) is 0 Å². The lowest BCUT2D eigenvalue weighted by Crippen LogP contribution is -2.00. The monoisotopic (exact) mass is 863 g/mol. The molecule has 316 valence electrons. The molecule has 13 aromatic rings. The van der Waals surface area contributed by atoms with E-state index in [1.165, 1.54) is 70.4 Å². The maximum Gasteiger partial charge on any atom is 0.164 e. The number of benzene rings is 11. The zero-order valence-electron chi connectivity index (χ0n) is 37.0. The summed E-state index contributed by atoms with van der Waals surface area (Å²) in [5.41, 5.74) is 7.41. The van der Waals surface area contributed by atoms with Gasteiger partial charge in [-0.2, -0.15) is 0 Å². The van der Waals surface area contributed by atoms with Crippen LogP contribution in [-0.2, 0) is 0 Å². The van der Waals surface area contributed by atoms with E-state index in [0.29, 0.717) is 17.5 Å². The van der Waals surface area contributed by atoms with Gasteiger partial charge in [0.1, 0.15) is 0 Å². The van der Waals surface area contributed by atoms with Crippen LogP contribution >= 0.6 is 0 Å². The number of nitrogens with zero attached hydrogens (tertiary/aromatic N) is 3. The minimum Gasteiger partial charge on any atom is -0.208 e. The Kier molecular flexibility index (Phi) is 9.50. The van der Waals surface area contributed by atoms with Gasteiger partial charge in [0.2, 0.25) is 0 Å². The van der Waals surface area contributed by atoms with Crippen LogP contribution in [0.4, 0.5) is 0 Å². The van der Waals surface area contributed by atoms with E-state index in [0.717, 1.165) is 44.0 Å². The quantitative estimate of drug-likeness (QED) is 0.173. The van der Waals surface area contributed by atoms with Crippen molar-refractivity contribution in [3.05, 3.63) is 249 Å². The van der Waals surface area contributed by atoms with Crippen LogP contribution in [0.3, 0.4) is 0 Å². The van der Waals surface area contributed by atoms with Gasteiger partial charge in [0.05, 0.1) is 0 Å². The molecular weight excluding hydrogens is 823 g/mol. The third kappa shape index (κ3) is 6.80. The van der Waals surface area contributed by atoms with Crippen LogP contribution in [0.5, 0.6) is 0 Å². The molecule has 0 unspecified atom stereocenters. The van der Waals surface area contributed by atoms with Gasteiger partial charge in [0.25, 0.3) is 0 Å². The molecule has 0 aliphatic carbocycles. The molecule has 0 saturated heterocycles. The van der Waals surface area contributed by atoms with Crippen molar-refractivity contribution in [2.75, 3.05) is 0 Å². The van der Waals surface area contributed by atoms with Crippen LogP contribution in [0.2, 0.25) is 0 Å². The molecular formula is C65H41N3. The van der Waals surface area contributed by atoms with Crippen molar-refractivity contribution in [3.8, 4) is 56.4 Å². The molecule has 0 atom stereocenters. The van der Waals surface area contributed by atoms with Gasteiger partial charge >= 0.3 is 0 Å². The summed E-state index contributed by atoms with van der Waals surface area (Å²) in [6.07, 6.45) is 0. The first-order valence-electron chi connectivity index (χ1n) is 23.2. The molecule has 3 heteroatoms. The number of hydrogen-bond acceptors (Lipinski definition) is 3. The minimum absolute atomic E-state index is 0.609. The predicted molar refractivity (Wildman–Crippen MR) is 287 cm³/mol. The SMILES string of the molecule is c1ccc2c(-c3ccc(-c4nc(-c5ccc(-c6cccc7ccccc67)cc5)nc(-c5ccc6c7ccccc7c7ccccc7c7ccccc7c7ccccc7c6c5)n4)cc3)cccc2c1. The Morgan fingerprint density at radius 1 is 0.176 bits per heavy atom. The number of fused-ring (bicyclic) bond motifs is 12. The molecule has 0 spiro atoms. The van der Waals surface area contributed by atoms with Crippen molar-refractivity contribution in [1.82, 2.24) is 15.0 Å². The molecule has 3 nitrogen and oxygen atoms in total. The first-order valence-corrected chi connectivity index (χ1v) is 23.2. The summed E-state index contributed by atoms with van der Waals surface area (Å²) in [6, 6.07) is 89.3. The summed E-state index contributed by atoms with van der Waals surface area (Å²) in [4.78, 5) is 15.9. The summed E-state index contributed by atoms with van der Waals surface area (Å²) in [7, 11) is 0. The summed E-state index contributed by atoms with van der Waals surface area (Å²) in [6.45, 7) is 0. The zero-order chi connectivity index (χ0) is 45.0. The van der Waals surface area contributed by atoms with Crippen LogP contribution < -0.4 is 0 Å². The first kappa shape index (κ1) is 39.3. The lowest BCUT2D eigenvalue weighted by Gasteiger charge is -2.12. The van der Waals surface area contributed by atoms with Crippen LogP contribution in [0.1, 0.15) is 0 Å². The van der Waals surface area contributed by atoms with Gasteiger partial charge in [-0.25, -0.2) is 15.0 Å². The molecule has 12 aromatic carbocycles. The maximum absolute atomic E-state index is 5.32. The second-order valence-electron chi connectivity index (χ2n) is 17.5. The summed E-state index contributed by atoms with van der Waals surface area (Å²) >= 11 is 0. The number of rotatable bonds is 5. The number of hydrogen-bond donors (Lipinski definition) is 0. The topological polar surface area (TPSA) is 38.7 Å². The molecule has 0 aliphatic rings. The van der Waals surface area contributed by atoms with E-state index < -0.39 is 0 Å². The van der Waals surface area contributed by atoms with Crippen molar-refractivity contribution < 1.29 is 0 Å². The van der Waals surface area contributed by atoms with E-state index in [4.69, 9.17) is 15.0 Å². The van der Waals surface area contributed by atoms with E-state index >= 15 is 0 Å². The van der Waals surface area contributed by atoms with Crippen LogP contribution in [0, 0.1) is 0 Å². The molecule has 1 aromatic heterocycles. The van der Waals surface area contributed by atoms with Crippen molar-refractivity contribution in [1.29, 1.82) is 0 Å². The fourth-order valence-electron chi connectivity index (χ4n) is 10.3. The van der Waals surface area contributed by atoms with Crippen LogP contribution in [0.15, 0.2) is 249 Å². The highest BCUT2D eigenvalue weighted by molar-refractivity contribution is 6.26. The second-order valence-corrected chi connectivity index (χ2v) is 17.5. The molecule has 0 aliphatic heterocycles. The van der Waals surface area contributed by atoms with Gasteiger partial charge in [-0.1, -0.05) is 243 Å². The van der Waals surface area contributed by atoms with Crippen molar-refractivity contribution in [3.63, 3.8) is 0 Å². The van der Waals surface area contributed by atoms with E-state index in [9.17, 15) is 0 Å². The molecule has 0 amide bonds. The molecule has 13 rings (SSSR count). The van der Waals surface area contributed by atoms with Crippen molar-refractivity contribution >= 4 is 75.4 Å². The molecule has 0 radical (unpaired) electrons. The Balaban J connectivity index is 1.04. The largest absolute Gasteiger partial charge is 0.208 e. The highest BCUT2D eigenvalue weighted by Crippen LogP contribution is 2.38.